The Labute approximate surface area is 250 Å². The van der Waals surface area contributed by atoms with Crippen LogP contribution in [0.1, 0.15) is 48.4 Å². The van der Waals surface area contributed by atoms with Crippen LogP contribution in [0.3, 0.4) is 0 Å². The van der Waals surface area contributed by atoms with Gasteiger partial charge in [-0.3, -0.25) is 4.90 Å². The summed E-state index contributed by atoms with van der Waals surface area (Å²) in [6, 6.07) is 29.1. The summed E-state index contributed by atoms with van der Waals surface area (Å²) in [5, 5.41) is 10.6. The van der Waals surface area contributed by atoms with E-state index in [0.717, 1.165) is 38.3 Å². The van der Waals surface area contributed by atoms with E-state index in [2.05, 4.69) is 0 Å². The lowest BCUT2D eigenvalue weighted by molar-refractivity contribution is -0.158. The van der Waals surface area contributed by atoms with Crippen LogP contribution in [0, 0.1) is 5.92 Å². The molecule has 0 unspecified atom stereocenters. The molecule has 0 saturated heterocycles. The predicted octanol–water partition coefficient (Wildman–Crippen LogP) is 6.83. The van der Waals surface area contributed by atoms with Gasteiger partial charge in [0.1, 0.15) is 12.6 Å². The van der Waals surface area contributed by atoms with Crippen LogP contribution in [-0.4, -0.2) is 47.8 Å². The van der Waals surface area contributed by atoms with Gasteiger partial charge in [0.2, 0.25) is 0 Å². The molecule has 0 heterocycles. The molecule has 2 aliphatic carbocycles. The summed E-state index contributed by atoms with van der Waals surface area (Å²) >= 11 is 0. The first kappa shape index (κ1) is 28.2. The smallest absolute Gasteiger partial charge is 0.412 e. The molecule has 7 nitrogen and oxygen atoms in total. The molecule has 0 aromatic heterocycles. The van der Waals surface area contributed by atoms with Gasteiger partial charge in [0.15, 0.2) is 5.54 Å². The fourth-order valence-corrected chi connectivity index (χ4v) is 6.86. The van der Waals surface area contributed by atoms with E-state index in [9.17, 15) is 19.5 Å². The van der Waals surface area contributed by atoms with Crippen molar-refractivity contribution in [1.29, 1.82) is 0 Å². The van der Waals surface area contributed by atoms with Gasteiger partial charge < -0.3 is 14.6 Å². The fraction of sp³-hybridized carbons (Fsp3) is 0.250. The number of esters is 1. The van der Waals surface area contributed by atoms with Crippen molar-refractivity contribution in [3.05, 3.63) is 119 Å². The van der Waals surface area contributed by atoms with Crippen LogP contribution >= 0.6 is 0 Å². The van der Waals surface area contributed by atoms with Gasteiger partial charge in [0.05, 0.1) is 7.11 Å². The molecule has 1 amide bonds. The number of hydrogen-bond donors (Lipinski definition) is 1. The number of methoxy groups -OCH3 is 1. The zero-order valence-corrected chi connectivity index (χ0v) is 24.3. The first-order chi connectivity index (χ1) is 20.8. The third-order valence-corrected chi connectivity index (χ3v) is 8.59. The predicted molar refractivity (Wildman–Crippen MR) is 162 cm³/mol. The van der Waals surface area contributed by atoms with Gasteiger partial charge in [0.25, 0.3) is 0 Å². The highest BCUT2D eigenvalue weighted by Crippen LogP contribution is 2.53. The monoisotopic (exact) mass is 575 g/mol. The quantitative estimate of drug-likeness (QED) is 0.232. The lowest BCUT2D eigenvalue weighted by Crippen LogP contribution is -2.61. The number of nitrogens with zero attached hydrogens (tertiary/aromatic N) is 1. The van der Waals surface area contributed by atoms with E-state index in [1.807, 2.05) is 86.6 Å². The van der Waals surface area contributed by atoms with Crippen LogP contribution in [0.2, 0.25) is 0 Å². The number of carboxylic acids is 1. The second-order valence-corrected chi connectivity index (χ2v) is 11.5. The van der Waals surface area contributed by atoms with Gasteiger partial charge in [0, 0.05) is 17.0 Å². The Kier molecular flexibility index (Phi) is 7.26. The molecule has 2 aliphatic rings. The number of carbonyl (C=O) groups is 3. The standard InChI is InChI=1S/C36H33NO6/c1-22(2)20-32(33(38)39)37(35(41)43-21-29-25-14-6-4-12-23(25)24-13-5-7-15-26(24)29)36(34(40)42-3)30-18-10-8-16-27(30)28-17-9-11-19-31(28)36/h4-19,22,29,32H,20-21H2,1-3H3,(H,38,39)/t32-/m0/s1. The molecule has 0 spiro atoms. The van der Waals surface area contributed by atoms with Gasteiger partial charge in [-0.15, -0.1) is 0 Å². The Morgan fingerprint density at radius 1 is 0.767 bits per heavy atom. The summed E-state index contributed by atoms with van der Waals surface area (Å²) in [5.41, 5.74) is 4.74. The zero-order chi connectivity index (χ0) is 30.3. The van der Waals surface area contributed by atoms with E-state index < -0.39 is 29.6 Å². The maximum absolute atomic E-state index is 14.5. The minimum Gasteiger partial charge on any atom is -0.480 e. The number of benzene rings is 4. The van der Waals surface area contributed by atoms with Gasteiger partial charge in [-0.05, 0) is 45.7 Å². The minimum absolute atomic E-state index is 0.0298. The Morgan fingerprint density at radius 2 is 1.23 bits per heavy atom. The molecule has 4 aromatic rings. The van der Waals surface area contributed by atoms with Crippen molar-refractivity contribution in [2.45, 2.75) is 37.8 Å². The van der Waals surface area contributed by atoms with E-state index in [-0.39, 0.29) is 24.9 Å². The topological polar surface area (TPSA) is 93.1 Å². The van der Waals surface area contributed by atoms with E-state index in [1.165, 1.54) is 7.11 Å². The van der Waals surface area contributed by atoms with Crippen molar-refractivity contribution in [3.63, 3.8) is 0 Å². The maximum atomic E-state index is 14.5. The molecule has 1 atom stereocenters. The molecule has 0 bridgehead atoms. The van der Waals surface area contributed by atoms with Gasteiger partial charge >= 0.3 is 18.0 Å². The SMILES string of the molecule is COC(=O)C1(N(C(=O)OCC2c3ccccc3-c3ccccc32)[C@@H](CC(C)C)C(=O)O)c2ccccc2-c2ccccc21. The van der Waals surface area contributed by atoms with Crippen LogP contribution in [0.5, 0.6) is 0 Å². The summed E-state index contributed by atoms with van der Waals surface area (Å²) in [6.45, 7) is 3.73. The van der Waals surface area contributed by atoms with Crippen molar-refractivity contribution in [3.8, 4) is 22.3 Å². The van der Waals surface area contributed by atoms with Crippen LogP contribution < -0.4 is 0 Å². The third-order valence-electron chi connectivity index (χ3n) is 8.59. The zero-order valence-electron chi connectivity index (χ0n) is 24.3. The number of carboxylic acid groups (broad SMARTS) is 1. The van der Waals surface area contributed by atoms with Gasteiger partial charge in [-0.1, -0.05) is 111 Å². The number of fused-ring (bicyclic) bond motifs is 6. The van der Waals surface area contributed by atoms with Crippen molar-refractivity contribution in [2.24, 2.45) is 5.92 Å². The maximum Gasteiger partial charge on any atom is 0.412 e. The van der Waals surface area contributed by atoms with Crippen molar-refractivity contribution in [2.75, 3.05) is 13.7 Å². The molecule has 218 valence electrons. The third kappa shape index (κ3) is 4.38. The molecule has 0 fully saturated rings. The Balaban J connectivity index is 1.50. The van der Waals surface area contributed by atoms with Crippen molar-refractivity contribution < 1.29 is 29.0 Å². The van der Waals surface area contributed by atoms with E-state index in [1.54, 1.807) is 24.3 Å². The molecule has 7 heteroatoms. The molecule has 43 heavy (non-hydrogen) atoms. The highest BCUT2D eigenvalue weighted by molar-refractivity contribution is 6.01. The van der Waals surface area contributed by atoms with E-state index in [4.69, 9.17) is 9.47 Å². The van der Waals surface area contributed by atoms with E-state index in [0.29, 0.717) is 11.1 Å². The number of amides is 1. The Bertz CT molecular complexity index is 1640. The minimum atomic E-state index is -1.87. The lowest BCUT2D eigenvalue weighted by atomic mass is 9.83. The summed E-state index contributed by atoms with van der Waals surface area (Å²) in [4.78, 5) is 42.8. The Morgan fingerprint density at radius 3 is 1.70 bits per heavy atom. The summed E-state index contributed by atoms with van der Waals surface area (Å²) in [6.07, 6.45) is -0.797. The summed E-state index contributed by atoms with van der Waals surface area (Å²) in [7, 11) is 1.25. The lowest BCUT2D eigenvalue weighted by Gasteiger charge is -2.43. The summed E-state index contributed by atoms with van der Waals surface area (Å²) < 4.78 is 11.5. The second-order valence-electron chi connectivity index (χ2n) is 11.5. The molecular weight excluding hydrogens is 542 g/mol. The number of carbonyl (C=O) groups excluding carboxylic acids is 2. The van der Waals surface area contributed by atoms with Crippen LogP contribution in [0.15, 0.2) is 97.1 Å². The van der Waals surface area contributed by atoms with Gasteiger partial charge in [-0.25, -0.2) is 14.4 Å². The molecule has 0 radical (unpaired) electrons. The summed E-state index contributed by atoms with van der Waals surface area (Å²) in [5.74, 6) is -2.34. The first-order valence-corrected chi connectivity index (χ1v) is 14.5. The number of rotatable bonds is 8. The van der Waals surface area contributed by atoms with Crippen LogP contribution in [0.4, 0.5) is 4.79 Å². The van der Waals surface area contributed by atoms with Gasteiger partial charge in [-0.2, -0.15) is 0 Å². The number of aliphatic carboxylic acids is 1. The number of hydrogen-bond acceptors (Lipinski definition) is 5. The molecular formula is C36H33NO6. The molecule has 0 saturated carbocycles. The molecule has 6 rings (SSSR count). The van der Waals surface area contributed by atoms with Crippen molar-refractivity contribution >= 4 is 18.0 Å². The second kappa shape index (κ2) is 11.1. The number of ether oxygens (including phenoxy) is 2. The Hall–Kier alpha value is -4.91. The normalized spacial score (nSPS) is 14.7. The van der Waals surface area contributed by atoms with Crippen LogP contribution in [0.25, 0.3) is 22.3 Å². The first-order valence-electron chi connectivity index (χ1n) is 14.5. The fourth-order valence-electron chi connectivity index (χ4n) is 6.86. The molecule has 0 aliphatic heterocycles. The highest BCUT2D eigenvalue weighted by atomic mass is 16.6. The van der Waals surface area contributed by atoms with Crippen LogP contribution in [-0.2, 0) is 24.6 Å². The van der Waals surface area contributed by atoms with E-state index >= 15 is 0 Å². The largest absolute Gasteiger partial charge is 0.480 e. The highest BCUT2D eigenvalue weighted by Gasteiger charge is 2.60. The molecule has 1 N–H and O–H groups in total. The average molecular weight is 576 g/mol. The molecule has 4 aromatic carbocycles. The van der Waals surface area contributed by atoms with Crippen molar-refractivity contribution in [1.82, 2.24) is 4.90 Å². The average Bonchev–Trinajstić information content (AvgIpc) is 3.50.